The van der Waals surface area contributed by atoms with Gasteiger partial charge in [-0.05, 0) is 79.1 Å². The van der Waals surface area contributed by atoms with Crippen molar-refractivity contribution in [3.8, 4) is 5.75 Å². The monoisotopic (exact) mass is 523 g/mol. The molecule has 0 unspecified atom stereocenters. The fraction of sp³-hybridized carbons (Fsp3) is 0.120. The Morgan fingerprint density at radius 3 is 2.24 bits per heavy atom. The molecule has 0 saturated heterocycles. The van der Waals surface area contributed by atoms with Crippen molar-refractivity contribution < 1.29 is 19.2 Å². The van der Waals surface area contributed by atoms with Crippen molar-refractivity contribution in [1.29, 1.82) is 0 Å². The Balaban J connectivity index is 1.97. The van der Waals surface area contributed by atoms with Crippen LogP contribution in [0, 0.1) is 24.0 Å². The number of carbonyl (C=O) groups is 2. The Labute approximate surface area is 204 Å². The molecule has 3 aromatic carbocycles. The number of anilines is 1. The number of aryl methyl sites for hydroxylation is 2. The molecule has 0 aliphatic rings. The van der Waals surface area contributed by atoms with E-state index in [2.05, 4.69) is 26.6 Å². The highest BCUT2D eigenvalue weighted by atomic mass is 79.9. The summed E-state index contributed by atoms with van der Waals surface area (Å²) in [4.78, 5) is 36.7. The van der Waals surface area contributed by atoms with Gasteiger partial charge in [-0.3, -0.25) is 19.7 Å². The van der Waals surface area contributed by atoms with Crippen LogP contribution in [0.4, 0.5) is 11.4 Å². The molecule has 2 amide bonds. The van der Waals surface area contributed by atoms with Gasteiger partial charge >= 0.3 is 0 Å². The minimum Gasteiger partial charge on any atom is -0.496 e. The molecule has 0 aliphatic carbocycles. The first-order valence-electron chi connectivity index (χ1n) is 10.2. The van der Waals surface area contributed by atoms with E-state index in [-0.39, 0.29) is 16.9 Å². The van der Waals surface area contributed by atoms with Gasteiger partial charge in [0.05, 0.1) is 17.6 Å². The average Bonchev–Trinajstić information content (AvgIpc) is 2.78. The molecule has 3 aromatic rings. The molecule has 174 valence electrons. The van der Waals surface area contributed by atoms with Crippen LogP contribution < -0.4 is 15.4 Å². The van der Waals surface area contributed by atoms with Gasteiger partial charge in [0.2, 0.25) is 0 Å². The molecule has 0 aliphatic heterocycles. The normalized spacial score (nSPS) is 11.0. The van der Waals surface area contributed by atoms with Crippen LogP contribution in [0.25, 0.3) is 6.08 Å². The fourth-order valence-electron chi connectivity index (χ4n) is 3.31. The van der Waals surface area contributed by atoms with Crippen LogP contribution in [-0.4, -0.2) is 23.8 Å². The maximum atomic E-state index is 13.2. The zero-order chi connectivity index (χ0) is 24.8. The standard InChI is InChI=1S/C25H22BrN3O5/c1-15-10-16(2)12-19(11-15)27-25(31)22(13-17-4-7-20(8-5-17)29(32)33)28-24(30)21-14-18(26)6-9-23(21)34-3/h4-14H,1-3H3,(H,27,31)(H,28,30)/b22-13-. The van der Waals surface area contributed by atoms with Gasteiger partial charge < -0.3 is 15.4 Å². The number of nitrogens with zero attached hydrogens (tertiary/aromatic N) is 1. The minimum atomic E-state index is -0.554. The van der Waals surface area contributed by atoms with E-state index in [0.717, 1.165) is 11.1 Å². The number of hydrogen-bond donors (Lipinski definition) is 2. The van der Waals surface area contributed by atoms with Crippen LogP contribution in [0.1, 0.15) is 27.0 Å². The van der Waals surface area contributed by atoms with Gasteiger partial charge in [0.25, 0.3) is 17.5 Å². The number of benzene rings is 3. The second kappa shape index (κ2) is 10.8. The quantitative estimate of drug-likeness (QED) is 0.245. The van der Waals surface area contributed by atoms with Crippen LogP contribution in [0.5, 0.6) is 5.75 Å². The van der Waals surface area contributed by atoms with E-state index in [1.54, 1.807) is 18.2 Å². The molecule has 0 aromatic heterocycles. The highest BCUT2D eigenvalue weighted by Crippen LogP contribution is 2.24. The van der Waals surface area contributed by atoms with Gasteiger partial charge in [-0.1, -0.05) is 22.0 Å². The Kier molecular flexibility index (Phi) is 7.80. The van der Waals surface area contributed by atoms with E-state index in [9.17, 15) is 19.7 Å². The number of methoxy groups -OCH3 is 1. The van der Waals surface area contributed by atoms with Crippen LogP contribution in [-0.2, 0) is 4.79 Å². The number of nitro benzene ring substituents is 1. The van der Waals surface area contributed by atoms with Crippen molar-refractivity contribution in [2.24, 2.45) is 0 Å². The molecule has 0 radical (unpaired) electrons. The molecule has 0 spiro atoms. The topological polar surface area (TPSA) is 111 Å². The third-order valence-electron chi connectivity index (χ3n) is 4.79. The Bertz CT molecular complexity index is 1270. The number of nitrogens with one attached hydrogen (secondary N) is 2. The van der Waals surface area contributed by atoms with Crippen LogP contribution in [0.3, 0.4) is 0 Å². The SMILES string of the molecule is COc1ccc(Br)cc1C(=O)N/C(=C\c1ccc([N+](=O)[O-])cc1)C(=O)Nc1cc(C)cc(C)c1. The first-order valence-corrected chi connectivity index (χ1v) is 11.0. The van der Waals surface area contributed by atoms with Crippen molar-refractivity contribution >= 4 is 45.2 Å². The zero-order valence-corrected chi connectivity index (χ0v) is 20.3. The van der Waals surface area contributed by atoms with Crippen molar-refractivity contribution in [2.45, 2.75) is 13.8 Å². The van der Waals surface area contributed by atoms with Gasteiger partial charge in [0, 0.05) is 22.3 Å². The molecule has 2 N–H and O–H groups in total. The third-order valence-corrected chi connectivity index (χ3v) is 5.29. The highest BCUT2D eigenvalue weighted by Gasteiger charge is 2.19. The van der Waals surface area contributed by atoms with Gasteiger partial charge in [-0.15, -0.1) is 0 Å². The lowest BCUT2D eigenvalue weighted by Gasteiger charge is -2.14. The average molecular weight is 524 g/mol. The number of amides is 2. The van der Waals surface area contributed by atoms with Crippen LogP contribution >= 0.6 is 15.9 Å². The first-order chi connectivity index (χ1) is 16.2. The Morgan fingerprint density at radius 2 is 1.65 bits per heavy atom. The summed E-state index contributed by atoms with van der Waals surface area (Å²) in [5.41, 5.74) is 3.12. The molecular weight excluding hydrogens is 502 g/mol. The lowest BCUT2D eigenvalue weighted by Crippen LogP contribution is -2.31. The lowest BCUT2D eigenvalue weighted by atomic mass is 10.1. The smallest absolute Gasteiger partial charge is 0.272 e. The van der Waals surface area contributed by atoms with Crippen molar-refractivity contribution in [3.63, 3.8) is 0 Å². The summed E-state index contributed by atoms with van der Waals surface area (Å²) in [6.45, 7) is 3.83. The summed E-state index contributed by atoms with van der Waals surface area (Å²) >= 11 is 3.33. The number of non-ortho nitro benzene ring substituents is 1. The Hall–Kier alpha value is -3.98. The van der Waals surface area contributed by atoms with Gasteiger partial charge in [-0.2, -0.15) is 0 Å². The minimum absolute atomic E-state index is 0.0416. The van der Waals surface area contributed by atoms with Gasteiger partial charge in [0.1, 0.15) is 11.4 Å². The van der Waals surface area contributed by atoms with E-state index in [1.807, 2.05) is 32.0 Å². The Morgan fingerprint density at radius 1 is 1.00 bits per heavy atom. The van der Waals surface area contributed by atoms with Crippen LogP contribution in [0.15, 0.2) is 70.8 Å². The van der Waals surface area contributed by atoms with Crippen molar-refractivity contribution in [3.05, 3.63) is 103 Å². The predicted octanol–water partition coefficient (Wildman–Crippen LogP) is 5.39. The second-order valence-electron chi connectivity index (χ2n) is 7.54. The highest BCUT2D eigenvalue weighted by molar-refractivity contribution is 9.10. The molecule has 3 rings (SSSR count). The first kappa shape index (κ1) is 24.7. The van der Waals surface area contributed by atoms with E-state index < -0.39 is 16.7 Å². The number of hydrogen-bond acceptors (Lipinski definition) is 5. The fourth-order valence-corrected chi connectivity index (χ4v) is 3.67. The molecule has 0 saturated carbocycles. The van der Waals surface area contributed by atoms with Crippen molar-refractivity contribution in [2.75, 3.05) is 12.4 Å². The summed E-state index contributed by atoms with van der Waals surface area (Å²) in [7, 11) is 1.44. The molecule has 0 heterocycles. The summed E-state index contributed by atoms with van der Waals surface area (Å²) in [5.74, 6) is -0.766. The number of carbonyl (C=O) groups excluding carboxylic acids is 2. The number of rotatable bonds is 7. The van der Waals surface area contributed by atoms with E-state index in [1.165, 1.54) is 37.5 Å². The van der Waals surface area contributed by atoms with E-state index >= 15 is 0 Å². The zero-order valence-electron chi connectivity index (χ0n) is 18.7. The van der Waals surface area contributed by atoms with Gasteiger partial charge in [0.15, 0.2) is 0 Å². The molecule has 8 nitrogen and oxygen atoms in total. The van der Waals surface area contributed by atoms with Crippen LogP contribution in [0.2, 0.25) is 0 Å². The maximum absolute atomic E-state index is 13.2. The molecule has 9 heteroatoms. The maximum Gasteiger partial charge on any atom is 0.272 e. The van der Waals surface area contributed by atoms with Gasteiger partial charge in [-0.25, -0.2) is 0 Å². The number of nitro groups is 1. The van der Waals surface area contributed by atoms with E-state index in [0.29, 0.717) is 21.5 Å². The summed E-state index contributed by atoms with van der Waals surface area (Å²) < 4.78 is 5.94. The van der Waals surface area contributed by atoms with E-state index in [4.69, 9.17) is 4.74 Å². The molecule has 0 bridgehead atoms. The number of ether oxygens (including phenoxy) is 1. The lowest BCUT2D eigenvalue weighted by molar-refractivity contribution is -0.384. The summed E-state index contributed by atoms with van der Waals surface area (Å²) in [5, 5.41) is 16.4. The third kappa shape index (κ3) is 6.29. The molecule has 0 fully saturated rings. The second-order valence-corrected chi connectivity index (χ2v) is 8.45. The van der Waals surface area contributed by atoms with Crippen molar-refractivity contribution in [1.82, 2.24) is 5.32 Å². The molecule has 0 atom stereocenters. The molecular formula is C25H22BrN3O5. The predicted molar refractivity (Wildman–Crippen MR) is 134 cm³/mol. The summed E-state index contributed by atoms with van der Waals surface area (Å²) in [6.07, 6.45) is 1.45. The molecule has 34 heavy (non-hydrogen) atoms. The number of halogens is 1. The largest absolute Gasteiger partial charge is 0.496 e. The summed E-state index contributed by atoms with van der Waals surface area (Å²) in [6, 6.07) is 16.2.